The SMILES string of the molecule is O=C1CC(=O)N(c2ccc3c(c2)OC(F)(F)O3)C1. The van der Waals surface area contributed by atoms with Gasteiger partial charge in [0.15, 0.2) is 17.3 Å². The second-order valence-electron chi connectivity index (χ2n) is 3.99. The normalized spacial score (nSPS) is 20.7. The van der Waals surface area contributed by atoms with Gasteiger partial charge in [-0.1, -0.05) is 0 Å². The van der Waals surface area contributed by atoms with Crippen LogP contribution in [-0.2, 0) is 9.59 Å². The van der Waals surface area contributed by atoms with E-state index < -0.39 is 6.29 Å². The predicted molar refractivity (Wildman–Crippen MR) is 54.6 cm³/mol. The maximum Gasteiger partial charge on any atom is 0.586 e. The minimum atomic E-state index is -3.69. The Morgan fingerprint density at radius 1 is 1.17 bits per heavy atom. The van der Waals surface area contributed by atoms with Gasteiger partial charge < -0.3 is 14.4 Å². The van der Waals surface area contributed by atoms with Crippen molar-refractivity contribution >= 4 is 17.4 Å². The highest BCUT2D eigenvalue weighted by Gasteiger charge is 2.43. The van der Waals surface area contributed by atoms with E-state index in [1.807, 2.05) is 0 Å². The first-order chi connectivity index (χ1) is 8.44. The monoisotopic (exact) mass is 255 g/mol. The summed E-state index contributed by atoms with van der Waals surface area (Å²) in [6.45, 7) is -0.0468. The van der Waals surface area contributed by atoms with E-state index in [1.165, 1.54) is 23.1 Å². The number of fused-ring (bicyclic) bond motifs is 1. The van der Waals surface area contributed by atoms with Gasteiger partial charge in [0.25, 0.3) is 0 Å². The van der Waals surface area contributed by atoms with Gasteiger partial charge in [-0.2, -0.15) is 0 Å². The van der Waals surface area contributed by atoms with Crippen LogP contribution in [0.15, 0.2) is 18.2 Å². The summed E-state index contributed by atoms with van der Waals surface area (Å²) >= 11 is 0. The molecule has 2 aliphatic heterocycles. The number of anilines is 1. The fourth-order valence-electron chi connectivity index (χ4n) is 1.93. The number of halogens is 2. The van der Waals surface area contributed by atoms with Crippen LogP contribution in [0.1, 0.15) is 6.42 Å². The molecule has 5 nitrogen and oxygen atoms in total. The molecule has 0 spiro atoms. The third-order valence-corrected chi connectivity index (χ3v) is 2.68. The smallest absolute Gasteiger partial charge is 0.395 e. The van der Waals surface area contributed by atoms with Gasteiger partial charge >= 0.3 is 6.29 Å². The van der Waals surface area contributed by atoms with Crippen LogP contribution >= 0.6 is 0 Å². The van der Waals surface area contributed by atoms with Crippen LogP contribution in [-0.4, -0.2) is 24.5 Å². The van der Waals surface area contributed by atoms with Crippen LogP contribution in [0.4, 0.5) is 14.5 Å². The second kappa shape index (κ2) is 3.41. The fraction of sp³-hybridized carbons (Fsp3) is 0.273. The lowest BCUT2D eigenvalue weighted by atomic mass is 10.2. The summed E-state index contributed by atoms with van der Waals surface area (Å²) in [6, 6.07) is 3.97. The molecular formula is C11H7F2NO4. The van der Waals surface area contributed by atoms with Crippen LogP contribution in [0, 0.1) is 0 Å². The number of hydrogen-bond acceptors (Lipinski definition) is 4. The van der Waals surface area contributed by atoms with E-state index in [2.05, 4.69) is 9.47 Å². The van der Waals surface area contributed by atoms with Crippen LogP contribution < -0.4 is 14.4 Å². The molecule has 7 heteroatoms. The first-order valence-electron chi connectivity index (χ1n) is 5.16. The highest BCUT2D eigenvalue weighted by atomic mass is 19.3. The van der Waals surface area contributed by atoms with Crippen molar-refractivity contribution in [3.05, 3.63) is 18.2 Å². The second-order valence-corrected chi connectivity index (χ2v) is 3.99. The summed E-state index contributed by atoms with van der Waals surface area (Å²) in [5.41, 5.74) is 0.339. The number of carbonyl (C=O) groups excluding carboxylic acids is 2. The van der Waals surface area contributed by atoms with Gasteiger partial charge in [-0.25, -0.2) is 0 Å². The van der Waals surface area contributed by atoms with Crippen molar-refractivity contribution in [1.29, 1.82) is 0 Å². The molecule has 94 valence electrons. The standard InChI is InChI=1S/C11H7F2NO4/c12-11(13)17-8-2-1-6(3-9(8)18-11)14-5-7(15)4-10(14)16/h1-3H,4-5H2. The number of hydrogen-bond donors (Lipinski definition) is 0. The highest BCUT2D eigenvalue weighted by molar-refractivity contribution is 6.15. The molecular weight excluding hydrogens is 248 g/mol. The number of Topliss-reactive ketones (excluding diaryl/α,β-unsaturated/α-hetero) is 1. The number of alkyl halides is 2. The molecule has 1 aromatic carbocycles. The van der Waals surface area contributed by atoms with Crippen molar-refractivity contribution in [3.63, 3.8) is 0 Å². The molecule has 3 rings (SSSR count). The van der Waals surface area contributed by atoms with Gasteiger partial charge in [-0.15, -0.1) is 8.78 Å². The largest absolute Gasteiger partial charge is 0.586 e. The first kappa shape index (κ1) is 10.9. The molecule has 0 aromatic heterocycles. The number of ether oxygens (including phenoxy) is 2. The van der Waals surface area contributed by atoms with E-state index in [0.29, 0.717) is 5.69 Å². The number of amides is 1. The molecule has 0 unspecified atom stereocenters. The molecule has 2 aliphatic rings. The van der Waals surface area contributed by atoms with E-state index in [1.54, 1.807) is 0 Å². The molecule has 1 fully saturated rings. The molecule has 0 atom stereocenters. The Labute approximate surface area is 99.9 Å². The van der Waals surface area contributed by atoms with Crippen molar-refractivity contribution in [3.8, 4) is 11.5 Å². The van der Waals surface area contributed by atoms with Crippen molar-refractivity contribution < 1.29 is 27.8 Å². The fourth-order valence-corrected chi connectivity index (χ4v) is 1.93. The zero-order valence-electron chi connectivity index (χ0n) is 8.98. The Bertz CT molecular complexity index is 558. The molecule has 1 aromatic rings. The molecule has 0 saturated carbocycles. The Hall–Kier alpha value is -2.18. The molecule has 0 N–H and O–H groups in total. The Balaban J connectivity index is 1.93. The van der Waals surface area contributed by atoms with E-state index in [9.17, 15) is 18.4 Å². The summed E-state index contributed by atoms with van der Waals surface area (Å²) in [6.07, 6.45) is -3.85. The topological polar surface area (TPSA) is 55.8 Å². The number of nitrogens with zero attached hydrogens (tertiary/aromatic N) is 1. The molecule has 1 amide bonds. The van der Waals surface area contributed by atoms with Crippen molar-refractivity contribution in [2.45, 2.75) is 12.7 Å². The molecule has 2 heterocycles. The number of carbonyl (C=O) groups is 2. The minimum absolute atomic E-state index is 0.0468. The van der Waals surface area contributed by atoms with E-state index >= 15 is 0 Å². The molecule has 0 aliphatic carbocycles. The Morgan fingerprint density at radius 3 is 2.56 bits per heavy atom. The maximum atomic E-state index is 12.8. The quantitative estimate of drug-likeness (QED) is 0.710. The number of ketones is 1. The summed E-state index contributed by atoms with van der Waals surface area (Å²) in [5, 5.41) is 0. The van der Waals surface area contributed by atoms with E-state index in [-0.39, 0.29) is 36.2 Å². The third kappa shape index (κ3) is 1.68. The summed E-state index contributed by atoms with van der Waals surface area (Å²) in [5.74, 6) is -0.806. The zero-order valence-corrected chi connectivity index (χ0v) is 8.98. The lowest BCUT2D eigenvalue weighted by Crippen LogP contribution is -2.26. The Morgan fingerprint density at radius 2 is 1.89 bits per heavy atom. The highest BCUT2D eigenvalue weighted by Crippen LogP contribution is 2.43. The minimum Gasteiger partial charge on any atom is -0.395 e. The van der Waals surface area contributed by atoms with Gasteiger partial charge in [0.1, 0.15) is 0 Å². The average Bonchev–Trinajstić information content (AvgIpc) is 2.74. The van der Waals surface area contributed by atoms with Crippen molar-refractivity contribution in [1.82, 2.24) is 0 Å². The zero-order chi connectivity index (χ0) is 12.9. The first-order valence-corrected chi connectivity index (χ1v) is 5.16. The Kier molecular flexibility index (Phi) is 2.07. The van der Waals surface area contributed by atoms with Gasteiger partial charge in [-0.3, -0.25) is 9.59 Å². The van der Waals surface area contributed by atoms with Crippen LogP contribution in [0.2, 0.25) is 0 Å². The molecule has 18 heavy (non-hydrogen) atoms. The third-order valence-electron chi connectivity index (χ3n) is 2.68. The molecule has 1 saturated heterocycles. The van der Waals surface area contributed by atoms with Gasteiger partial charge in [0.2, 0.25) is 5.91 Å². The van der Waals surface area contributed by atoms with Gasteiger partial charge in [-0.05, 0) is 12.1 Å². The molecule has 0 radical (unpaired) electrons. The van der Waals surface area contributed by atoms with E-state index in [0.717, 1.165) is 0 Å². The van der Waals surface area contributed by atoms with Crippen molar-refractivity contribution in [2.75, 3.05) is 11.4 Å². The number of benzene rings is 1. The summed E-state index contributed by atoms with van der Waals surface area (Å²) in [4.78, 5) is 23.9. The lowest BCUT2D eigenvalue weighted by Gasteiger charge is -2.14. The van der Waals surface area contributed by atoms with Crippen LogP contribution in [0.5, 0.6) is 11.5 Å². The molecule has 0 bridgehead atoms. The maximum absolute atomic E-state index is 12.8. The predicted octanol–water partition coefficient (Wildman–Crippen LogP) is 1.31. The number of rotatable bonds is 1. The summed E-state index contributed by atoms with van der Waals surface area (Å²) < 4.78 is 34.1. The van der Waals surface area contributed by atoms with Gasteiger partial charge in [0, 0.05) is 11.8 Å². The van der Waals surface area contributed by atoms with Crippen molar-refractivity contribution in [2.24, 2.45) is 0 Å². The van der Waals surface area contributed by atoms with Crippen LogP contribution in [0.25, 0.3) is 0 Å². The van der Waals surface area contributed by atoms with Gasteiger partial charge in [0.05, 0.1) is 13.0 Å². The van der Waals surface area contributed by atoms with Crippen LogP contribution in [0.3, 0.4) is 0 Å². The van der Waals surface area contributed by atoms with E-state index in [4.69, 9.17) is 0 Å². The lowest BCUT2D eigenvalue weighted by molar-refractivity contribution is -0.286. The summed E-state index contributed by atoms with van der Waals surface area (Å²) in [7, 11) is 0. The average molecular weight is 255 g/mol.